The van der Waals surface area contributed by atoms with Crippen molar-refractivity contribution in [3.63, 3.8) is 0 Å². The lowest BCUT2D eigenvalue weighted by atomic mass is 9.98. The van der Waals surface area contributed by atoms with Crippen LogP contribution in [-0.4, -0.2) is 60.3 Å². The molecule has 1 atom stereocenters. The van der Waals surface area contributed by atoms with E-state index >= 15 is 0 Å². The fraction of sp³-hybridized carbons (Fsp3) is 0.947. The molecule has 0 aromatic carbocycles. The number of hydrogen-bond donors (Lipinski definition) is 3. The second-order valence-electron chi connectivity index (χ2n) is 7.67. The molecule has 0 aromatic heterocycles. The van der Waals surface area contributed by atoms with Crippen LogP contribution in [0.15, 0.2) is 4.99 Å². The van der Waals surface area contributed by atoms with Gasteiger partial charge in [0, 0.05) is 32.2 Å². The molecule has 0 aromatic rings. The van der Waals surface area contributed by atoms with Crippen LogP contribution in [-0.2, 0) is 0 Å². The van der Waals surface area contributed by atoms with Crippen molar-refractivity contribution in [2.75, 3.05) is 32.7 Å². The lowest BCUT2D eigenvalue weighted by Crippen LogP contribution is -2.45. The van der Waals surface area contributed by atoms with Crippen molar-refractivity contribution in [3.05, 3.63) is 0 Å². The van der Waals surface area contributed by atoms with Gasteiger partial charge in [-0.1, -0.05) is 26.7 Å². The van der Waals surface area contributed by atoms with Gasteiger partial charge in [0.05, 0.1) is 12.1 Å². The van der Waals surface area contributed by atoms with E-state index < -0.39 is 5.60 Å². The fourth-order valence-electron chi connectivity index (χ4n) is 3.89. The highest BCUT2D eigenvalue weighted by atomic mass is 127. The number of nitrogens with one attached hydrogen (secondary N) is 2. The fourth-order valence-corrected chi connectivity index (χ4v) is 3.89. The minimum absolute atomic E-state index is 0. The summed E-state index contributed by atoms with van der Waals surface area (Å²) in [5.74, 6) is 1.78. The molecule has 0 radical (unpaired) electrons. The van der Waals surface area contributed by atoms with Crippen molar-refractivity contribution in [2.24, 2.45) is 10.9 Å². The molecule has 1 aliphatic heterocycles. The Morgan fingerprint density at radius 3 is 2.44 bits per heavy atom. The molecule has 1 saturated carbocycles. The number of rotatable bonds is 8. The molecule has 1 saturated heterocycles. The quantitative estimate of drug-likeness (QED) is 0.293. The number of hydrogen-bond acceptors (Lipinski definition) is 3. The molecule has 0 bridgehead atoms. The van der Waals surface area contributed by atoms with Gasteiger partial charge in [0.1, 0.15) is 0 Å². The Morgan fingerprint density at radius 2 is 1.84 bits per heavy atom. The van der Waals surface area contributed by atoms with Gasteiger partial charge in [-0.25, -0.2) is 0 Å². The van der Waals surface area contributed by atoms with E-state index in [9.17, 15) is 5.11 Å². The molecular weight excluding hydrogens is 427 g/mol. The summed E-state index contributed by atoms with van der Waals surface area (Å²) in [7, 11) is 0. The first kappa shape index (κ1) is 23.0. The molecule has 2 fully saturated rings. The first-order chi connectivity index (χ1) is 11.6. The molecule has 25 heavy (non-hydrogen) atoms. The van der Waals surface area contributed by atoms with Crippen LogP contribution in [0.3, 0.4) is 0 Å². The first-order valence-corrected chi connectivity index (χ1v) is 10.1. The lowest BCUT2D eigenvalue weighted by Gasteiger charge is -2.24. The molecule has 2 rings (SSSR count). The second-order valence-corrected chi connectivity index (χ2v) is 7.67. The zero-order valence-corrected chi connectivity index (χ0v) is 18.7. The molecule has 3 N–H and O–H groups in total. The Balaban J connectivity index is 0.00000312. The molecule has 148 valence electrons. The maximum atomic E-state index is 10.4. The Morgan fingerprint density at radius 1 is 1.16 bits per heavy atom. The predicted octanol–water partition coefficient (Wildman–Crippen LogP) is 2.98. The summed E-state index contributed by atoms with van der Waals surface area (Å²) in [6.45, 7) is 11.0. The van der Waals surface area contributed by atoms with E-state index in [-0.39, 0.29) is 24.0 Å². The molecule has 1 unspecified atom stereocenters. The van der Waals surface area contributed by atoms with Gasteiger partial charge < -0.3 is 20.6 Å². The van der Waals surface area contributed by atoms with Crippen molar-refractivity contribution < 1.29 is 5.11 Å². The van der Waals surface area contributed by atoms with Crippen LogP contribution < -0.4 is 10.6 Å². The summed E-state index contributed by atoms with van der Waals surface area (Å²) >= 11 is 0. The average Bonchev–Trinajstić information content (AvgIpc) is 3.25. The third-order valence-corrected chi connectivity index (χ3v) is 5.80. The van der Waals surface area contributed by atoms with Gasteiger partial charge in [-0.2, -0.15) is 0 Å². The van der Waals surface area contributed by atoms with Gasteiger partial charge in [-0.15, -0.1) is 24.0 Å². The van der Waals surface area contributed by atoms with Crippen LogP contribution in [0, 0.1) is 5.92 Å². The zero-order valence-electron chi connectivity index (χ0n) is 16.4. The smallest absolute Gasteiger partial charge is 0.191 e. The Labute approximate surface area is 171 Å². The summed E-state index contributed by atoms with van der Waals surface area (Å²) in [4.78, 5) is 7.26. The van der Waals surface area contributed by atoms with Crippen LogP contribution in [0.5, 0.6) is 0 Å². The summed E-state index contributed by atoms with van der Waals surface area (Å²) in [6, 6.07) is 0.473. The van der Waals surface area contributed by atoms with Crippen LogP contribution in [0.25, 0.3) is 0 Å². The number of halogens is 1. The minimum atomic E-state index is -0.674. The molecule has 1 heterocycles. The highest BCUT2D eigenvalue weighted by Gasteiger charge is 2.27. The third-order valence-electron chi connectivity index (χ3n) is 5.80. The monoisotopic (exact) mass is 466 g/mol. The average molecular weight is 466 g/mol. The van der Waals surface area contributed by atoms with Gasteiger partial charge in [-0.05, 0) is 44.9 Å². The van der Waals surface area contributed by atoms with Gasteiger partial charge in [-0.3, -0.25) is 4.99 Å². The SMILES string of the molecule is CCNC(=NCC(O)(CC)CC)NC1CCN(CC2CCCC2)C1.I. The molecule has 0 spiro atoms. The van der Waals surface area contributed by atoms with E-state index in [1.54, 1.807) is 0 Å². The summed E-state index contributed by atoms with van der Waals surface area (Å²) in [5.41, 5.74) is -0.674. The number of guanidine groups is 1. The maximum Gasteiger partial charge on any atom is 0.191 e. The van der Waals surface area contributed by atoms with Crippen LogP contribution in [0.4, 0.5) is 0 Å². The first-order valence-electron chi connectivity index (χ1n) is 10.1. The lowest BCUT2D eigenvalue weighted by molar-refractivity contribution is 0.0417. The van der Waals surface area contributed by atoms with Gasteiger partial charge in [0.2, 0.25) is 0 Å². The second kappa shape index (κ2) is 11.6. The highest BCUT2D eigenvalue weighted by molar-refractivity contribution is 14.0. The van der Waals surface area contributed by atoms with Gasteiger partial charge in [0.25, 0.3) is 0 Å². The van der Waals surface area contributed by atoms with Gasteiger partial charge >= 0.3 is 0 Å². The van der Waals surface area contributed by atoms with Gasteiger partial charge in [0.15, 0.2) is 5.96 Å². The number of nitrogens with zero attached hydrogens (tertiary/aromatic N) is 2. The van der Waals surface area contributed by atoms with E-state index in [0.29, 0.717) is 12.6 Å². The summed E-state index contributed by atoms with van der Waals surface area (Å²) in [6.07, 6.45) is 8.36. The van der Waals surface area contributed by atoms with Crippen molar-refractivity contribution in [3.8, 4) is 0 Å². The normalized spacial score (nSPS) is 22.9. The highest BCUT2D eigenvalue weighted by Crippen LogP contribution is 2.26. The zero-order chi connectivity index (χ0) is 17.4. The predicted molar refractivity (Wildman–Crippen MR) is 117 cm³/mol. The number of likely N-dealkylation sites (tertiary alicyclic amines) is 1. The molecule has 1 aliphatic carbocycles. The Bertz CT molecular complexity index is 395. The summed E-state index contributed by atoms with van der Waals surface area (Å²) < 4.78 is 0. The number of aliphatic hydroxyl groups is 1. The van der Waals surface area contributed by atoms with Crippen molar-refractivity contribution in [1.29, 1.82) is 0 Å². The van der Waals surface area contributed by atoms with Crippen LogP contribution in [0.2, 0.25) is 0 Å². The van der Waals surface area contributed by atoms with Crippen molar-refractivity contribution in [2.45, 2.75) is 77.4 Å². The Kier molecular flexibility index (Phi) is 10.6. The minimum Gasteiger partial charge on any atom is -0.388 e. The van der Waals surface area contributed by atoms with Crippen molar-refractivity contribution in [1.82, 2.24) is 15.5 Å². The van der Waals surface area contributed by atoms with E-state index in [1.807, 2.05) is 13.8 Å². The van der Waals surface area contributed by atoms with E-state index in [2.05, 4.69) is 27.4 Å². The maximum absolute atomic E-state index is 10.4. The molecule has 6 heteroatoms. The Hall–Kier alpha value is -0.0800. The van der Waals surface area contributed by atoms with E-state index in [1.165, 1.54) is 45.2 Å². The topological polar surface area (TPSA) is 59.9 Å². The van der Waals surface area contributed by atoms with E-state index in [0.717, 1.165) is 37.8 Å². The number of aliphatic imine (C=N–C) groups is 1. The molecule has 0 amide bonds. The van der Waals surface area contributed by atoms with Crippen LogP contribution in [0.1, 0.15) is 65.7 Å². The van der Waals surface area contributed by atoms with E-state index in [4.69, 9.17) is 0 Å². The molecule has 5 nitrogen and oxygen atoms in total. The molecule has 2 aliphatic rings. The largest absolute Gasteiger partial charge is 0.388 e. The summed E-state index contributed by atoms with van der Waals surface area (Å²) in [5, 5.41) is 17.3. The third kappa shape index (κ3) is 7.59. The molecular formula is C19H39IN4O. The van der Waals surface area contributed by atoms with Crippen LogP contribution >= 0.6 is 24.0 Å². The standard InChI is InChI=1S/C19H38N4O.HI/c1-4-19(24,5-2)15-21-18(20-6-3)22-17-11-12-23(14-17)13-16-9-7-8-10-16;/h16-17,24H,4-15H2,1-3H3,(H2,20,21,22);1H. The van der Waals surface area contributed by atoms with Crippen molar-refractivity contribution >= 4 is 29.9 Å².